The van der Waals surface area contributed by atoms with E-state index in [9.17, 15) is 14.7 Å². The Balaban J connectivity index is 2.42. The van der Waals surface area contributed by atoms with Crippen molar-refractivity contribution in [1.82, 2.24) is 20.4 Å². The topological polar surface area (TPSA) is 116 Å². The maximum Gasteiger partial charge on any atom is 0.315 e. The highest BCUT2D eigenvalue weighted by molar-refractivity contribution is 5.74. The number of rotatable bonds is 7. The molecule has 0 radical (unpaired) electrons. The maximum atomic E-state index is 11.6. The number of hydrogen-bond donors (Lipinski definition) is 4. The lowest BCUT2D eigenvalue weighted by Crippen LogP contribution is -2.45. The fourth-order valence-corrected chi connectivity index (χ4v) is 1.93. The summed E-state index contributed by atoms with van der Waals surface area (Å²) in [4.78, 5) is 22.2. The van der Waals surface area contributed by atoms with Gasteiger partial charge in [0.05, 0.1) is 17.7 Å². The van der Waals surface area contributed by atoms with Gasteiger partial charge in [0.15, 0.2) is 0 Å². The van der Waals surface area contributed by atoms with Crippen molar-refractivity contribution in [3.63, 3.8) is 0 Å². The number of hydrogen-bond acceptors (Lipinski definition) is 4. The van der Waals surface area contributed by atoms with E-state index in [0.29, 0.717) is 6.54 Å². The van der Waals surface area contributed by atoms with Crippen LogP contribution in [0, 0.1) is 0 Å². The summed E-state index contributed by atoms with van der Waals surface area (Å²) in [5.41, 5.74) is 0.356. The van der Waals surface area contributed by atoms with Gasteiger partial charge in [-0.15, -0.1) is 0 Å². The predicted molar refractivity (Wildman–Crippen MR) is 75.7 cm³/mol. The van der Waals surface area contributed by atoms with Crippen molar-refractivity contribution in [3.8, 4) is 0 Å². The van der Waals surface area contributed by atoms with E-state index in [-0.39, 0.29) is 6.54 Å². The largest absolute Gasteiger partial charge is 0.481 e. The van der Waals surface area contributed by atoms with E-state index < -0.39 is 24.0 Å². The molecule has 0 saturated carbocycles. The Kier molecular flexibility index (Phi) is 5.71. The van der Waals surface area contributed by atoms with Gasteiger partial charge in [-0.1, -0.05) is 6.92 Å². The van der Waals surface area contributed by atoms with Crippen LogP contribution in [0.1, 0.15) is 31.5 Å². The van der Waals surface area contributed by atoms with Crippen LogP contribution in [0.2, 0.25) is 0 Å². The SMILES string of the molecule is CCc1nn(C)cc1CNC(=O)NCC(C)(O)CC(=O)O. The average Bonchev–Trinajstić information content (AvgIpc) is 2.73. The van der Waals surface area contributed by atoms with Crippen LogP contribution in [0.4, 0.5) is 4.79 Å². The fourth-order valence-electron chi connectivity index (χ4n) is 1.93. The summed E-state index contributed by atoms with van der Waals surface area (Å²) in [6, 6.07) is -0.466. The third-order valence-electron chi connectivity index (χ3n) is 2.93. The van der Waals surface area contributed by atoms with Crippen molar-refractivity contribution in [2.75, 3.05) is 6.54 Å². The number of carboxylic acids is 1. The van der Waals surface area contributed by atoms with E-state index >= 15 is 0 Å². The molecule has 1 aromatic heterocycles. The summed E-state index contributed by atoms with van der Waals surface area (Å²) < 4.78 is 1.69. The van der Waals surface area contributed by atoms with Crippen LogP contribution in [-0.2, 0) is 24.8 Å². The molecular formula is C13H22N4O4. The van der Waals surface area contributed by atoms with Gasteiger partial charge in [-0.05, 0) is 13.3 Å². The van der Waals surface area contributed by atoms with Crippen molar-refractivity contribution in [2.45, 2.75) is 38.8 Å². The quantitative estimate of drug-likeness (QED) is 0.565. The maximum absolute atomic E-state index is 11.6. The molecule has 0 aliphatic rings. The van der Waals surface area contributed by atoms with Crippen LogP contribution in [0.25, 0.3) is 0 Å². The Hall–Kier alpha value is -2.09. The second-order valence-electron chi connectivity index (χ2n) is 5.23. The van der Waals surface area contributed by atoms with E-state index in [1.54, 1.807) is 4.68 Å². The average molecular weight is 298 g/mol. The first-order chi connectivity index (χ1) is 9.73. The number of carbonyl (C=O) groups excluding carboxylic acids is 1. The molecule has 21 heavy (non-hydrogen) atoms. The highest BCUT2D eigenvalue weighted by atomic mass is 16.4. The van der Waals surface area contributed by atoms with Gasteiger partial charge in [0.25, 0.3) is 0 Å². The van der Waals surface area contributed by atoms with Crippen LogP contribution in [0.3, 0.4) is 0 Å². The van der Waals surface area contributed by atoms with Crippen molar-refractivity contribution >= 4 is 12.0 Å². The van der Waals surface area contributed by atoms with Gasteiger partial charge < -0.3 is 20.8 Å². The molecule has 8 heteroatoms. The predicted octanol–water partition coefficient (Wildman–Crippen LogP) is 0.00740. The Labute approximate surface area is 123 Å². The third-order valence-corrected chi connectivity index (χ3v) is 2.93. The third kappa shape index (κ3) is 5.82. The lowest BCUT2D eigenvalue weighted by molar-refractivity contribution is -0.141. The first-order valence-corrected chi connectivity index (χ1v) is 6.71. The Bertz CT molecular complexity index is 510. The van der Waals surface area contributed by atoms with Crippen LogP contribution < -0.4 is 10.6 Å². The molecule has 0 fully saturated rings. The smallest absolute Gasteiger partial charge is 0.315 e. The molecule has 0 aliphatic carbocycles. The number of aliphatic carboxylic acids is 1. The van der Waals surface area contributed by atoms with E-state index in [1.165, 1.54) is 6.92 Å². The number of carboxylic acid groups (broad SMARTS) is 1. The molecule has 4 N–H and O–H groups in total. The number of aliphatic hydroxyl groups is 1. The zero-order chi connectivity index (χ0) is 16.0. The summed E-state index contributed by atoms with van der Waals surface area (Å²) in [5.74, 6) is -1.12. The monoisotopic (exact) mass is 298 g/mol. The van der Waals surface area contributed by atoms with Gasteiger partial charge in [-0.3, -0.25) is 9.48 Å². The first-order valence-electron chi connectivity index (χ1n) is 6.71. The summed E-state index contributed by atoms with van der Waals surface area (Å²) >= 11 is 0. The zero-order valence-corrected chi connectivity index (χ0v) is 12.5. The van der Waals surface area contributed by atoms with E-state index in [0.717, 1.165) is 17.7 Å². The van der Waals surface area contributed by atoms with Gasteiger partial charge in [-0.25, -0.2) is 4.79 Å². The standard InChI is InChI=1S/C13H22N4O4/c1-4-10-9(7-17(3)16-10)6-14-12(20)15-8-13(2,21)5-11(18)19/h7,21H,4-6,8H2,1-3H3,(H,18,19)(H2,14,15,20). The van der Waals surface area contributed by atoms with Crippen LogP contribution in [0.5, 0.6) is 0 Å². The summed E-state index contributed by atoms with van der Waals surface area (Å²) in [6.45, 7) is 3.52. The highest BCUT2D eigenvalue weighted by Crippen LogP contribution is 2.08. The Morgan fingerprint density at radius 3 is 2.67 bits per heavy atom. The summed E-state index contributed by atoms with van der Waals surface area (Å²) in [7, 11) is 1.81. The van der Waals surface area contributed by atoms with E-state index in [4.69, 9.17) is 5.11 Å². The lowest BCUT2D eigenvalue weighted by atomic mass is 10.0. The normalized spacial score (nSPS) is 13.5. The first kappa shape index (κ1) is 17.0. The number of amides is 2. The van der Waals surface area contributed by atoms with Crippen molar-refractivity contribution in [3.05, 3.63) is 17.5 Å². The molecule has 1 heterocycles. The zero-order valence-electron chi connectivity index (χ0n) is 12.5. The lowest BCUT2D eigenvalue weighted by Gasteiger charge is -2.21. The molecule has 1 atom stereocenters. The number of urea groups is 1. The van der Waals surface area contributed by atoms with Crippen molar-refractivity contribution in [2.24, 2.45) is 7.05 Å². The van der Waals surface area contributed by atoms with Gasteiger partial charge in [0.1, 0.15) is 0 Å². The Morgan fingerprint density at radius 2 is 2.10 bits per heavy atom. The van der Waals surface area contributed by atoms with Gasteiger partial charge in [0, 0.05) is 31.9 Å². The number of nitrogens with zero attached hydrogens (tertiary/aromatic N) is 2. The van der Waals surface area contributed by atoms with Crippen LogP contribution >= 0.6 is 0 Å². The van der Waals surface area contributed by atoms with Gasteiger partial charge >= 0.3 is 12.0 Å². The van der Waals surface area contributed by atoms with Crippen molar-refractivity contribution < 1.29 is 19.8 Å². The highest BCUT2D eigenvalue weighted by Gasteiger charge is 2.24. The van der Waals surface area contributed by atoms with Gasteiger partial charge in [-0.2, -0.15) is 5.10 Å². The molecule has 0 aliphatic heterocycles. The summed E-state index contributed by atoms with van der Waals surface area (Å²) in [6.07, 6.45) is 2.17. The van der Waals surface area contributed by atoms with E-state index in [2.05, 4.69) is 15.7 Å². The number of aryl methyl sites for hydroxylation is 2. The number of aromatic nitrogens is 2. The number of nitrogens with one attached hydrogen (secondary N) is 2. The second kappa shape index (κ2) is 7.07. The molecule has 1 aromatic rings. The molecule has 0 saturated heterocycles. The molecule has 2 amide bonds. The molecule has 1 rings (SSSR count). The van der Waals surface area contributed by atoms with Crippen LogP contribution in [0.15, 0.2) is 6.20 Å². The second-order valence-corrected chi connectivity index (χ2v) is 5.23. The fraction of sp³-hybridized carbons (Fsp3) is 0.615. The molecule has 0 spiro atoms. The molecule has 0 bridgehead atoms. The molecular weight excluding hydrogens is 276 g/mol. The van der Waals surface area contributed by atoms with Gasteiger partial charge in [0.2, 0.25) is 0 Å². The van der Waals surface area contributed by atoms with Crippen molar-refractivity contribution in [1.29, 1.82) is 0 Å². The minimum absolute atomic E-state index is 0.140. The Morgan fingerprint density at radius 1 is 1.43 bits per heavy atom. The van der Waals surface area contributed by atoms with E-state index in [1.807, 2.05) is 20.2 Å². The number of carbonyl (C=O) groups is 2. The molecule has 118 valence electrons. The minimum atomic E-state index is -1.48. The molecule has 0 aromatic carbocycles. The molecule has 8 nitrogen and oxygen atoms in total. The minimum Gasteiger partial charge on any atom is -0.481 e. The van der Waals surface area contributed by atoms with Crippen LogP contribution in [-0.4, -0.2) is 44.1 Å². The molecule has 1 unspecified atom stereocenters. The summed E-state index contributed by atoms with van der Waals surface area (Å²) in [5, 5.41) is 27.8.